The van der Waals surface area contributed by atoms with Gasteiger partial charge in [-0.3, -0.25) is 0 Å². The highest BCUT2D eigenvalue weighted by Gasteiger charge is 2.07. The van der Waals surface area contributed by atoms with Gasteiger partial charge in [0.1, 0.15) is 5.75 Å². The number of rotatable bonds is 6. The van der Waals surface area contributed by atoms with E-state index >= 15 is 0 Å². The Morgan fingerprint density at radius 2 is 1.91 bits per heavy atom. The molecule has 0 radical (unpaired) electrons. The number of nitrogens with one attached hydrogen (secondary N) is 2. The van der Waals surface area contributed by atoms with Crippen LogP contribution in [0.5, 0.6) is 5.75 Å². The van der Waals surface area contributed by atoms with Gasteiger partial charge in [-0.1, -0.05) is 47.5 Å². The van der Waals surface area contributed by atoms with Crippen LogP contribution in [-0.4, -0.2) is 19.2 Å². The van der Waals surface area contributed by atoms with E-state index in [1.165, 1.54) is 0 Å². The maximum absolute atomic E-state index is 11.8. The van der Waals surface area contributed by atoms with Crippen LogP contribution in [0.1, 0.15) is 12.0 Å². The molecule has 4 nitrogen and oxygen atoms in total. The van der Waals surface area contributed by atoms with E-state index in [-0.39, 0.29) is 6.03 Å². The minimum Gasteiger partial charge on any atom is -0.493 e. The van der Waals surface area contributed by atoms with Gasteiger partial charge in [-0.15, -0.1) is 0 Å². The number of hydrogen-bond acceptors (Lipinski definition) is 2. The van der Waals surface area contributed by atoms with Crippen molar-refractivity contribution in [3.8, 4) is 5.75 Å². The number of amides is 2. The fourth-order valence-corrected chi connectivity index (χ4v) is 2.29. The molecule has 23 heavy (non-hydrogen) atoms. The van der Waals surface area contributed by atoms with Gasteiger partial charge in [0.05, 0.1) is 22.3 Å². The van der Waals surface area contributed by atoms with Gasteiger partial charge in [-0.2, -0.15) is 0 Å². The molecule has 0 heterocycles. The van der Waals surface area contributed by atoms with Gasteiger partial charge >= 0.3 is 6.03 Å². The van der Waals surface area contributed by atoms with Crippen LogP contribution in [0.3, 0.4) is 0 Å². The molecule has 0 aromatic heterocycles. The number of carbonyl (C=O) groups excluding carboxylic acids is 1. The number of carbonyl (C=O) groups is 1. The van der Waals surface area contributed by atoms with Crippen molar-refractivity contribution in [2.24, 2.45) is 0 Å². The first-order valence-electron chi connectivity index (χ1n) is 7.25. The molecule has 2 aromatic rings. The Labute approximate surface area is 145 Å². The average Bonchev–Trinajstić information content (AvgIpc) is 2.53. The summed E-state index contributed by atoms with van der Waals surface area (Å²) in [6, 6.07) is 12.6. The minimum absolute atomic E-state index is 0.326. The zero-order valence-electron chi connectivity index (χ0n) is 12.7. The van der Waals surface area contributed by atoms with Crippen molar-refractivity contribution in [2.75, 3.05) is 18.5 Å². The predicted octanol–water partition coefficient (Wildman–Crippen LogP) is 4.89. The number of halogens is 2. The topological polar surface area (TPSA) is 50.4 Å². The Morgan fingerprint density at radius 1 is 1.13 bits per heavy atom. The second kappa shape index (κ2) is 8.65. The monoisotopic (exact) mass is 352 g/mol. The first-order chi connectivity index (χ1) is 11.1. The summed E-state index contributed by atoms with van der Waals surface area (Å²) in [5.74, 6) is 0.864. The zero-order valence-corrected chi connectivity index (χ0v) is 14.2. The van der Waals surface area contributed by atoms with E-state index in [0.29, 0.717) is 35.3 Å². The van der Waals surface area contributed by atoms with Crippen LogP contribution in [0.4, 0.5) is 10.5 Å². The highest BCUT2D eigenvalue weighted by Crippen LogP contribution is 2.29. The second-order valence-electron chi connectivity index (χ2n) is 4.95. The van der Waals surface area contributed by atoms with E-state index in [1.54, 1.807) is 18.2 Å². The maximum atomic E-state index is 11.8. The molecule has 6 heteroatoms. The van der Waals surface area contributed by atoms with Gasteiger partial charge < -0.3 is 15.4 Å². The quantitative estimate of drug-likeness (QED) is 0.727. The van der Waals surface area contributed by atoms with E-state index in [4.69, 9.17) is 27.9 Å². The van der Waals surface area contributed by atoms with Crippen LogP contribution in [0.25, 0.3) is 0 Å². The summed E-state index contributed by atoms with van der Waals surface area (Å²) in [6.45, 7) is 3.02. The Hall–Kier alpha value is -1.91. The van der Waals surface area contributed by atoms with Crippen LogP contribution < -0.4 is 15.4 Å². The SMILES string of the molecule is Cc1ccccc1OCCCNC(=O)Nc1cccc(Cl)c1Cl. The Morgan fingerprint density at radius 3 is 2.70 bits per heavy atom. The van der Waals surface area contributed by atoms with Crippen LogP contribution in [0, 0.1) is 6.92 Å². The molecule has 0 fully saturated rings. The molecule has 0 aliphatic rings. The molecule has 0 saturated heterocycles. The fourth-order valence-electron chi connectivity index (χ4n) is 1.94. The summed E-state index contributed by atoms with van der Waals surface area (Å²) in [5, 5.41) is 6.13. The van der Waals surface area contributed by atoms with Gasteiger partial charge in [-0.25, -0.2) is 4.79 Å². The average molecular weight is 353 g/mol. The number of aryl methyl sites for hydroxylation is 1. The van der Waals surface area contributed by atoms with Crippen LogP contribution >= 0.6 is 23.2 Å². The fraction of sp³-hybridized carbons (Fsp3) is 0.235. The van der Waals surface area contributed by atoms with Crippen molar-refractivity contribution in [1.82, 2.24) is 5.32 Å². The van der Waals surface area contributed by atoms with Crippen molar-refractivity contribution in [3.63, 3.8) is 0 Å². The summed E-state index contributed by atoms with van der Waals surface area (Å²) in [7, 11) is 0. The van der Waals surface area contributed by atoms with E-state index in [0.717, 1.165) is 11.3 Å². The first kappa shape index (κ1) is 17.4. The molecule has 2 rings (SSSR count). The lowest BCUT2D eigenvalue weighted by Gasteiger charge is -2.11. The van der Waals surface area contributed by atoms with E-state index < -0.39 is 0 Å². The molecule has 2 N–H and O–H groups in total. The number of hydrogen-bond donors (Lipinski definition) is 2. The van der Waals surface area contributed by atoms with E-state index in [2.05, 4.69) is 10.6 Å². The molecule has 0 spiro atoms. The second-order valence-corrected chi connectivity index (χ2v) is 5.73. The summed E-state index contributed by atoms with van der Waals surface area (Å²) in [5.41, 5.74) is 1.57. The number of anilines is 1. The molecule has 0 saturated carbocycles. The summed E-state index contributed by atoms with van der Waals surface area (Å²) < 4.78 is 5.66. The van der Waals surface area contributed by atoms with Gasteiger partial charge in [0.25, 0.3) is 0 Å². The van der Waals surface area contributed by atoms with Crippen LogP contribution in [0.2, 0.25) is 10.0 Å². The zero-order chi connectivity index (χ0) is 16.7. The summed E-state index contributed by atoms with van der Waals surface area (Å²) in [4.78, 5) is 11.8. The standard InChI is InChI=1S/C17H18Cl2N2O2/c1-12-6-2-3-9-15(12)23-11-5-10-20-17(22)21-14-8-4-7-13(18)16(14)19/h2-4,6-9H,5,10-11H2,1H3,(H2,20,21,22). The molecular formula is C17H18Cl2N2O2. The van der Waals surface area contributed by atoms with Crippen molar-refractivity contribution < 1.29 is 9.53 Å². The van der Waals surface area contributed by atoms with Gasteiger partial charge in [0.2, 0.25) is 0 Å². The summed E-state index contributed by atoms with van der Waals surface area (Å²) in [6.07, 6.45) is 0.699. The van der Waals surface area contributed by atoms with Crippen LogP contribution in [0.15, 0.2) is 42.5 Å². The number of urea groups is 1. The lowest BCUT2D eigenvalue weighted by molar-refractivity contribution is 0.250. The van der Waals surface area contributed by atoms with Gasteiger partial charge in [0.15, 0.2) is 0 Å². The molecule has 2 amide bonds. The highest BCUT2D eigenvalue weighted by atomic mass is 35.5. The lowest BCUT2D eigenvalue weighted by atomic mass is 10.2. The highest BCUT2D eigenvalue weighted by molar-refractivity contribution is 6.43. The molecule has 0 aliphatic heterocycles. The molecule has 0 aliphatic carbocycles. The minimum atomic E-state index is -0.329. The van der Waals surface area contributed by atoms with Crippen molar-refractivity contribution in [1.29, 1.82) is 0 Å². The molecule has 2 aromatic carbocycles. The molecular weight excluding hydrogens is 335 g/mol. The van der Waals surface area contributed by atoms with E-state index in [9.17, 15) is 4.79 Å². The summed E-state index contributed by atoms with van der Waals surface area (Å²) >= 11 is 11.9. The third-order valence-corrected chi connectivity index (χ3v) is 3.98. The van der Waals surface area contributed by atoms with Gasteiger partial charge in [-0.05, 0) is 37.1 Å². The van der Waals surface area contributed by atoms with Crippen LogP contribution in [-0.2, 0) is 0 Å². The van der Waals surface area contributed by atoms with Crippen molar-refractivity contribution in [3.05, 3.63) is 58.1 Å². The molecule has 0 atom stereocenters. The Kier molecular flexibility index (Phi) is 6.56. The number of benzene rings is 2. The Balaban J connectivity index is 1.69. The lowest BCUT2D eigenvalue weighted by Crippen LogP contribution is -2.30. The van der Waals surface area contributed by atoms with E-state index in [1.807, 2.05) is 31.2 Å². The molecule has 122 valence electrons. The molecule has 0 bridgehead atoms. The smallest absolute Gasteiger partial charge is 0.319 e. The largest absolute Gasteiger partial charge is 0.493 e. The normalized spacial score (nSPS) is 10.2. The number of para-hydroxylation sites is 1. The van der Waals surface area contributed by atoms with Crippen molar-refractivity contribution in [2.45, 2.75) is 13.3 Å². The number of ether oxygens (including phenoxy) is 1. The van der Waals surface area contributed by atoms with Crippen molar-refractivity contribution >= 4 is 34.9 Å². The third-order valence-electron chi connectivity index (χ3n) is 3.16. The maximum Gasteiger partial charge on any atom is 0.319 e. The van der Waals surface area contributed by atoms with Gasteiger partial charge in [0, 0.05) is 6.54 Å². The third kappa shape index (κ3) is 5.34. The predicted molar refractivity (Wildman–Crippen MR) is 94.8 cm³/mol. The first-order valence-corrected chi connectivity index (χ1v) is 8.01. The Bertz CT molecular complexity index is 677. The molecule has 0 unspecified atom stereocenters.